The average Bonchev–Trinajstić information content (AvgIpc) is 3.08. The molecule has 0 saturated carbocycles. The average molecular weight is 288 g/mol. The minimum absolute atomic E-state index is 0.157. The predicted molar refractivity (Wildman–Crippen MR) is 75.0 cm³/mol. The second-order valence-corrected chi connectivity index (χ2v) is 5.08. The first-order valence-corrected chi connectivity index (χ1v) is 6.83. The Hall–Kier alpha value is -2.51. The summed E-state index contributed by atoms with van der Waals surface area (Å²) >= 11 is 0. The van der Waals surface area contributed by atoms with Crippen LogP contribution in [0.25, 0.3) is 11.0 Å². The minimum atomic E-state index is -0.157. The SMILES string of the molecule is CCn1ncc2ncn(Cc3noc(C(C)C)n3)c(=O)c21. The molecular formula is C13H16N6O2. The maximum Gasteiger partial charge on any atom is 0.279 e. The van der Waals surface area contributed by atoms with Crippen LogP contribution in [0.15, 0.2) is 21.8 Å². The van der Waals surface area contributed by atoms with Gasteiger partial charge in [0.25, 0.3) is 5.56 Å². The lowest BCUT2D eigenvalue weighted by Gasteiger charge is -2.03. The van der Waals surface area contributed by atoms with Crippen molar-refractivity contribution in [1.29, 1.82) is 0 Å². The molecular weight excluding hydrogens is 272 g/mol. The van der Waals surface area contributed by atoms with E-state index in [1.54, 1.807) is 10.9 Å². The van der Waals surface area contributed by atoms with Crippen LogP contribution in [0, 0.1) is 0 Å². The molecule has 0 aromatic carbocycles. The van der Waals surface area contributed by atoms with Crippen LogP contribution in [0.1, 0.15) is 38.4 Å². The Kier molecular flexibility index (Phi) is 3.28. The Morgan fingerprint density at radius 1 is 1.38 bits per heavy atom. The van der Waals surface area contributed by atoms with Crippen LogP contribution in [-0.2, 0) is 13.1 Å². The third kappa shape index (κ3) is 2.32. The summed E-state index contributed by atoms with van der Waals surface area (Å²) in [5.41, 5.74) is 0.928. The summed E-state index contributed by atoms with van der Waals surface area (Å²) in [7, 11) is 0. The van der Waals surface area contributed by atoms with E-state index in [1.165, 1.54) is 10.9 Å². The molecule has 110 valence electrons. The smallest absolute Gasteiger partial charge is 0.279 e. The fraction of sp³-hybridized carbons (Fsp3) is 0.462. The van der Waals surface area contributed by atoms with Crippen LogP contribution in [0.5, 0.6) is 0 Å². The first-order valence-electron chi connectivity index (χ1n) is 6.83. The summed E-state index contributed by atoms with van der Waals surface area (Å²) < 4.78 is 8.24. The molecule has 0 aliphatic rings. The molecule has 0 radical (unpaired) electrons. The molecule has 0 amide bonds. The summed E-state index contributed by atoms with van der Waals surface area (Å²) in [5.74, 6) is 1.18. The molecule has 21 heavy (non-hydrogen) atoms. The topological polar surface area (TPSA) is 91.6 Å². The van der Waals surface area contributed by atoms with Gasteiger partial charge in [0, 0.05) is 12.5 Å². The summed E-state index contributed by atoms with van der Waals surface area (Å²) in [5, 5.41) is 8.03. The molecule has 8 heteroatoms. The van der Waals surface area contributed by atoms with E-state index < -0.39 is 0 Å². The molecule has 0 N–H and O–H groups in total. The van der Waals surface area contributed by atoms with E-state index in [0.29, 0.717) is 29.3 Å². The first kappa shape index (κ1) is 13.5. The number of fused-ring (bicyclic) bond motifs is 1. The maximum absolute atomic E-state index is 12.5. The zero-order valence-electron chi connectivity index (χ0n) is 12.1. The Balaban J connectivity index is 2.00. The Labute approximate surface area is 120 Å². The fourth-order valence-electron chi connectivity index (χ4n) is 2.08. The normalized spacial score (nSPS) is 11.6. The Morgan fingerprint density at radius 3 is 2.86 bits per heavy atom. The van der Waals surface area contributed by atoms with Crippen LogP contribution in [0.2, 0.25) is 0 Å². The van der Waals surface area contributed by atoms with Crippen molar-refractivity contribution in [1.82, 2.24) is 29.5 Å². The molecule has 0 unspecified atom stereocenters. The number of hydrogen-bond acceptors (Lipinski definition) is 6. The van der Waals surface area contributed by atoms with Crippen LogP contribution >= 0.6 is 0 Å². The maximum atomic E-state index is 12.5. The Morgan fingerprint density at radius 2 is 2.19 bits per heavy atom. The van der Waals surface area contributed by atoms with E-state index in [-0.39, 0.29) is 18.0 Å². The standard InChI is InChI=1S/C13H16N6O2/c1-4-19-11-9(5-15-19)14-7-18(13(11)20)6-10-16-12(8(2)3)21-17-10/h5,7-8H,4,6H2,1-3H3. The number of aromatic nitrogens is 6. The van der Waals surface area contributed by atoms with E-state index in [9.17, 15) is 4.79 Å². The van der Waals surface area contributed by atoms with Crippen molar-refractivity contribution in [2.24, 2.45) is 0 Å². The van der Waals surface area contributed by atoms with Crippen molar-refractivity contribution in [3.63, 3.8) is 0 Å². The van der Waals surface area contributed by atoms with Gasteiger partial charge in [0.1, 0.15) is 5.52 Å². The van der Waals surface area contributed by atoms with Crippen LogP contribution < -0.4 is 5.56 Å². The highest BCUT2D eigenvalue weighted by atomic mass is 16.5. The van der Waals surface area contributed by atoms with E-state index >= 15 is 0 Å². The zero-order valence-corrected chi connectivity index (χ0v) is 12.1. The highest BCUT2D eigenvalue weighted by Gasteiger charge is 2.13. The van der Waals surface area contributed by atoms with Gasteiger partial charge in [-0.3, -0.25) is 14.0 Å². The van der Waals surface area contributed by atoms with Crippen LogP contribution in [0.3, 0.4) is 0 Å². The van der Waals surface area contributed by atoms with Crippen LogP contribution in [0.4, 0.5) is 0 Å². The van der Waals surface area contributed by atoms with Gasteiger partial charge in [-0.25, -0.2) is 4.98 Å². The molecule has 0 atom stereocenters. The zero-order chi connectivity index (χ0) is 15.0. The highest BCUT2D eigenvalue weighted by Crippen LogP contribution is 2.11. The third-order valence-corrected chi connectivity index (χ3v) is 3.21. The molecule has 3 aromatic rings. The van der Waals surface area contributed by atoms with E-state index in [0.717, 1.165) is 0 Å². The molecule has 0 spiro atoms. The second kappa shape index (κ2) is 5.12. The largest absolute Gasteiger partial charge is 0.339 e. The van der Waals surface area contributed by atoms with E-state index in [4.69, 9.17) is 4.52 Å². The van der Waals surface area contributed by atoms with Gasteiger partial charge in [-0.1, -0.05) is 19.0 Å². The highest BCUT2D eigenvalue weighted by molar-refractivity contribution is 5.72. The molecule has 0 aliphatic carbocycles. The van der Waals surface area contributed by atoms with Gasteiger partial charge in [-0.15, -0.1) is 0 Å². The van der Waals surface area contributed by atoms with Crippen molar-refractivity contribution in [3.8, 4) is 0 Å². The number of hydrogen-bond donors (Lipinski definition) is 0. The summed E-state index contributed by atoms with van der Waals surface area (Å²) in [4.78, 5) is 21.0. The first-order chi connectivity index (χ1) is 10.1. The lowest BCUT2D eigenvalue weighted by Crippen LogP contribution is -2.23. The summed E-state index contributed by atoms with van der Waals surface area (Å²) in [6, 6.07) is 0. The molecule has 8 nitrogen and oxygen atoms in total. The fourth-order valence-corrected chi connectivity index (χ4v) is 2.08. The van der Waals surface area contributed by atoms with E-state index in [1.807, 2.05) is 20.8 Å². The van der Waals surface area contributed by atoms with Crippen molar-refractivity contribution in [2.45, 2.75) is 39.8 Å². The lowest BCUT2D eigenvalue weighted by molar-refractivity contribution is 0.359. The van der Waals surface area contributed by atoms with Crippen molar-refractivity contribution >= 4 is 11.0 Å². The number of nitrogens with zero attached hydrogens (tertiary/aromatic N) is 6. The third-order valence-electron chi connectivity index (χ3n) is 3.21. The van der Waals surface area contributed by atoms with Gasteiger partial charge < -0.3 is 4.52 Å². The van der Waals surface area contributed by atoms with Gasteiger partial charge in [0.2, 0.25) is 5.89 Å². The molecule has 3 heterocycles. The quantitative estimate of drug-likeness (QED) is 0.715. The van der Waals surface area contributed by atoms with Gasteiger partial charge in [0.15, 0.2) is 11.3 Å². The summed E-state index contributed by atoms with van der Waals surface area (Å²) in [6.07, 6.45) is 3.08. The van der Waals surface area contributed by atoms with Gasteiger partial charge in [-0.2, -0.15) is 10.1 Å². The molecule has 0 saturated heterocycles. The second-order valence-electron chi connectivity index (χ2n) is 5.08. The lowest BCUT2D eigenvalue weighted by atomic mass is 10.2. The van der Waals surface area contributed by atoms with E-state index in [2.05, 4.69) is 20.2 Å². The van der Waals surface area contributed by atoms with Gasteiger partial charge in [-0.05, 0) is 6.92 Å². The van der Waals surface area contributed by atoms with Crippen LogP contribution in [-0.4, -0.2) is 29.5 Å². The molecule has 3 rings (SSSR count). The van der Waals surface area contributed by atoms with Gasteiger partial charge in [0.05, 0.1) is 19.1 Å². The molecule has 3 aromatic heterocycles. The Bertz CT molecular complexity index is 829. The minimum Gasteiger partial charge on any atom is -0.339 e. The predicted octanol–water partition coefficient (Wildman–Crippen LogP) is 1.17. The molecule has 0 aliphatic heterocycles. The molecule has 0 bridgehead atoms. The number of aryl methyl sites for hydroxylation is 1. The molecule has 0 fully saturated rings. The van der Waals surface area contributed by atoms with Gasteiger partial charge >= 0.3 is 0 Å². The van der Waals surface area contributed by atoms with Crippen molar-refractivity contribution in [3.05, 3.63) is 34.6 Å². The number of rotatable bonds is 4. The summed E-state index contributed by atoms with van der Waals surface area (Å²) in [6.45, 7) is 6.71. The van der Waals surface area contributed by atoms with Crippen molar-refractivity contribution in [2.75, 3.05) is 0 Å². The monoisotopic (exact) mass is 288 g/mol. The van der Waals surface area contributed by atoms with Crippen molar-refractivity contribution < 1.29 is 4.52 Å².